The van der Waals surface area contributed by atoms with E-state index in [0.717, 1.165) is 4.90 Å². The summed E-state index contributed by atoms with van der Waals surface area (Å²) in [5.74, 6) is -1.81. The summed E-state index contributed by atoms with van der Waals surface area (Å²) in [6.07, 6.45) is 0. The molecule has 2 amide bonds. The van der Waals surface area contributed by atoms with E-state index in [0.29, 0.717) is 10.6 Å². The van der Waals surface area contributed by atoms with Crippen LogP contribution in [-0.4, -0.2) is 41.1 Å². The highest BCUT2D eigenvalue weighted by Gasteiger charge is 2.38. The molecular weight excluding hydrogens is 336 g/mol. The maximum atomic E-state index is 12.3. The lowest BCUT2D eigenvalue weighted by atomic mass is 9.94. The molecule has 128 valence electrons. The largest absolute Gasteiger partial charge is 0.478 e. The Morgan fingerprint density at radius 3 is 2.71 bits per heavy atom. The Morgan fingerprint density at radius 2 is 2.12 bits per heavy atom. The monoisotopic (exact) mass is 352 g/mol. The van der Waals surface area contributed by atoms with Crippen molar-refractivity contribution in [2.45, 2.75) is 19.9 Å². The molecule has 1 unspecified atom stereocenters. The zero-order chi connectivity index (χ0) is 17.9. The fourth-order valence-corrected chi connectivity index (χ4v) is 2.79. The fraction of sp³-hybridized carbons (Fsp3) is 0.312. The van der Waals surface area contributed by atoms with Gasteiger partial charge in [0.15, 0.2) is 0 Å². The van der Waals surface area contributed by atoms with E-state index in [4.69, 9.17) is 16.3 Å². The summed E-state index contributed by atoms with van der Waals surface area (Å²) in [5, 5.41) is 12.4. The number of nitrogens with one attached hydrogen (secondary N) is 1. The summed E-state index contributed by atoms with van der Waals surface area (Å²) < 4.78 is 4.87. The number of nitrogens with zero attached hydrogens (tertiary/aromatic N) is 1. The first-order chi connectivity index (χ1) is 11.3. The molecule has 0 saturated heterocycles. The van der Waals surface area contributed by atoms with Gasteiger partial charge in [-0.3, -0.25) is 4.79 Å². The second-order valence-corrected chi connectivity index (χ2v) is 5.60. The first-order valence-electron chi connectivity index (χ1n) is 7.28. The minimum atomic E-state index is -1.19. The Labute approximate surface area is 143 Å². The summed E-state index contributed by atoms with van der Waals surface area (Å²) in [4.78, 5) is 37.0. The molecule has 0 spiro atoms. The van der Waals surface area contributed by atoms with Crippen molar-refractivity contribution in [3.8, 4) is 0 Å². The molecule has 8 heteroatoms. The van der Waals surface area contributed by atoms with Crippen molar-refractivity contribution in [3.05, 3.63) is 46.1 Å². The molecule has 2 N–H and O–H groups in total. The topological polar surface area (TPSA) is 95.9 Å². The van der Waals surface area contributed by atoms with Crippen LogP contribution in [0.5, 0.6) is 0 Å². The van der Waals surface area contributed by atoms with E-state index in [1.54, 1.807) is 31.2 Å². The SMILES string of the molecule is CCOC(=O)CN1C(=O)NC(C)=C(C(=O)O)C1c1cccc(Cl)c1. The van der Waals surface area contributed by atoms with Crippen molar-refractivity contribution in [1.82, 2.24) is 10.2 Å². The first kappa shape index (κ1) is 17.8. The van der Waals surface area contributed by atoms with E-state index in [-0.39, 0.29) is 24.4 Å². The number of carboxylic acid groups (broad SMARTS) is 1. The number of amides is 2. The standard InChI is InChI=1S/C16H17ClN2O5/c1-3-24-12(20)8-19-14(10-5-4-6-11(17)7-10)13(15(21)22)9(2)18-16(19)23/h4-7,14H,3,8H2,1-2H3,(H,18,23)(H,21,22). The number of urea groups is 1. The third-order valence-electron chi connectivity index (χ3n) is 3.54. The molecule has 0 saturated carbocycles. The average molecular weight is 353 g/mol. The summed E-state index contributed by atoms with van der Waals surface area (Å²) in [5.41, 5.74) is 0.692. The first-order valence-corrected chi connectivity index (χ1v) is 7.65. The van der Waals surface area contributed by atoms with E-state index in [1.807, 2.05) is 0 Å². The van der Waals surface area contributed by atoms with E-state index in [2.05, 4.69) is 5.32 Å². The Balaban J connectivity index is 2.52. The lowest BCUT2D eigenvalue weighted by Gasteiger charge is -2.36. The van der Waals surface area contributed by atoms with Gasteiger partial charge in [0.2, 0.25) is 0 Å². The molecule has 1 aliphatic heterocycles. The number of hydrogen-bond donors (Lipinski definition) is 2. The van der Waals surface area contributed by atoms with Crippen LogP contribution in [0.3, 0.4) is 0 Å². The highest BCUT2D eigenvalue weighted by molar-refractivity contribution is 6.30. The number of halogens is 1. The third-order valence-corrected chi connectivity index (χ3v) is 3.78. The molecule has 2 rings (SSSR count). The average Bonchev–Trinajstić information content (AvgIpc) is 2.49. The predicted octanol–water partition coefficient (Wildman–Crippen LogP) is 2.33. The molecule has 1 heterocycles. The van der Waals surface area contributed by atoms with Crippen LogP contribution in [0, 0.1) is 0 Å². The smallest absolute Gasteiger partial charge is 0.335 e. The second kappa shape index (κ2) is 7.35. The van der Waals surface area contributed by atoms with Gasteiger partial charge in [0.05, 0.1) is 18.2 Å². The molecule has 1 atom stereocenters. The van der Waals surface area contributed by atoms with Crippen LogP contribution in [0.25, 0.3) is 0 Å². The van der Waals surface area contributed by atoms with Crippen LogP contribution in [0.1, 0.15) is 25.5 Å². The number of allylic oxidation sites excluding steroid dienone is 1. The maximum Gasteiger partial charge on any atom is 0.335 e. The van der Waals surface area contributed by atoms with Gasteiger partial charge in [-0.1, -0.05) is 23.7 Å². The van der Waals surface area contributed by atoms with Crippen molar-refractivity contribution < 1.29 is 24.2 Å². The fourth-order valence-electron chi connectivity index (χ4n) is 2.59. The lowest BCUT2D eigenvalue weighted by molar-refractivity contribution is -0.144. The van der Waals surface area contributed by atoms with Crippen LogP contribution >= 0.6 is 11.6 Å². The van der Waals surface area contributed by atoms with E-state index in [1.165, 1.54) is 6.92 Å². The van der Waals surface area contributed by atoms with Crippen molar-refractivity contribution in [2.24, 2.45) is 0 Å². The minimum Gasteiger partial charge on any atom is -0.478 e. The molecule has 0 fully saturated rings. The van der Waals surface area contributed by atoms with Crippen molar-refractivity contribution in [3.63, 3.8) is 0 Å². The van der Waals surface area contributed by atoms with Crippen molar-refractivity contribution in [1.29, 1.82) is 0 Å². The molecular formula is C16H17ClN2O5. The predicted molar refractivity (Wildman–Crippen MR) is 86.4 cm³/mol. The molecule has 1 aromatic rings. The molecule has 0 aliphatic carbocycles. The van der Waals surface area contributed by atoms with Crippen LogP contribution in [0.15, 0.2) is 35.5 Å². The van der Waals surface area contributed by atoms with Crippen LogP contribution in [0.2, 0.25) is 5.02 Å². The summed E-state index contributed by atoms with van der Waals surface area (Å²) in [6, 6.07) is 5.00. The maximum absolute atomic E-state index is 12.3. The number of rotatable bonds is 5. The van der Waals surface area contributed by atoms with Crippen LogP contribution in [-0.2, 0) is 14.3 Å². The van der Waals surface area contributed by atoms with Crippen LogP contribution in [0.4, 0.5) is 4.79 Å². The normalized spacial score (nSPS) is 17.5. The highest BCUT2D eigenvalue weighted by atomic mass is 35.5. The van der Waals surface area contributed by atoms with E-state index in [9.17, 15) is 19.5 Å². The number of benzene rings is 1. The summed E-state index contributed by atoms with van der Waals surface area (Å²) in [7, 11) is 0. The van der Waals surface area contributed by atoms with Gasteiger partial charge in [0.1, 0.15) is 6.54 Å². The molecule has 24 heavy (non-hydrogen) atoms. The van der Waals surface area contributed by atoms with Gasteiger partial charge in [0, 0.05) is 10.7 Å². The van der Waals surface area contributed by atoms with E-state index >= 15 is 0 Å². The molecule has 0 aromatic heterocycles. The number of carboxylic acids is 1. The van der Waals surface area contributed by atoms with Gasteiger partial charge in [-0.05, 0) is 31.5 Å². The van der Waals surface area contributed by atoms with Crippen molar-refractivity contribution in [2.75, 3.05) is 13.2 Å². The zero-order valence-corrected chi connectivity index (χ0v) is 14.0. The van der Waals surface area contributed by atoms with Gasteiger partial charge in [-0.2, -0.15) is 0 Å². The Bertz CT molecular complexity index is 716. The van der Waals surface area contributed by atoms with Gasteiger partial charge in [0.25, 0.3) is 0 Å². The van der Waals surface area contributed by atoms with Crippen molar-refractivity contribution >= 4 is 29.6 Å². The number of carbonyl (C=O) groups excluding carboxylic acids is 2. The molecule has 7 nitrogen and oxygen atoms in total. The number of carbonyl (C=O) groups is 3. The Kier molecular flexibility index (Phi) is 5.46. The molecule has 0 bridgehead atoms. The quantitative estimate of drug-likeness (QED) is 0.793. The number of aliphatic carboxylic acids is 1. The summed E-state index contributed by atoms with van der Waals surface area (Å²) >= 11 is 5.99. The zero-order valence-electron chi connectivity index (χ0n) is 13.2. The van der Waals surface area contributed by atoms with Gasteiger partial charge >= 0.3 is 18.0 Å². The van der Waals surface area contributed by atoms with Gasteiger partial charge in [-0.25, -0.2) is 9.59 Å². The third kappa shape index (κ3) is 3.68. The number of esters is 1. The van der Waals surface area contributed by atoms with Gasteiger partial charge in [-0.15, -0.1) is 0 Å². The highest BCUT2D eigenvalue weighted by Crippen LogP contribution is 2.34. The lowest BCUT2D eigenvalue weighted by Crippen LogP contribution is -2.50. The molecule has 1 aromatic carbocycles. The van der Waals surface area contributed by atoms with Gasteiger partial charge < -0.3 is 20.1 Å². The minimum absolute atomic E-state index is 0.0267. The number of ether oxygens (including phenoxy) is 1. The molecule has 1 aliphatic rings. The molecule has 0 radical (unpaired) electrons. The summed E-state index contributed by atoms with van der Waals surface area (Å²) in [6.45, 7) is 2.94. The second-order valence-electron chi connectivity index (χ2n) is 5.16. The van der Waals surface area contributed by atoms with Crippen LogP contribution < -0.4 is 5.32 Å². The Morgan fingerprint density at radius 1 is 1.42 bits per heavy atom. The van der Waals surface area contributed by atoms with E-state index < -0.39 is 24.0 Å². The number of hydrogen-bond acceptors (Lipinski definition) is 4. The Hall–Kier alpha value is -2.54.